The summed E-state index contributed by atoms with van der Waals surface area (Å²) in [5, 5.41) is 0.0797. The molecule has 0 fully saturated rings. The number of hydrogen-bond donors (Lipinski definition) is 0. The fraction of sp³-hybridized carbons (Fsp3) is 0.467. The number of carbonyl (C=O) groups excluding carboxylic acids is 2. The molecule has 0 spiro atoms. The Morgan fingerprint density at radius 2 is 1.95 bits per heavy atom. The highest BCUT2D eigenvalue weighted by Gasteiger charge is 2.30. The van der Waals surface area contributed by atoms with Gasteiger partial charge in [0.05, 0.1) is 17.7 Å². The van der Waals surface area contributed by atoms with E-state index in [1.165, 1.54) is 13.0 Å². The molecule has 1 rings (SSSR count). The van der Waals surface area contributed by atoms with Crippen LogP contribution >= 0.6 is 11.6 Å². The van der Waals surface area contributed by atoms with Crippen molar-refractivity contribution in [2.75, 3.05) is 6.61 Å². The number of rotatable bonds is 6. The first-order valence-electron chi connectivity index (χ1n) is 6.60. The molecule has 1 unspecified atom stereocenters. The second-order valence-corrected chi connectivity index (χ2v) is 5.17. The molecule has 0 saturated heterocycles. The highest BCUT2D eigenvalue weighted by Crippen LogP contribution is 2.33. The molecule has 6 heteroatoms. The summed E-state index contributed by atoms with van der Waals surface area (Å²) in [4.78, 5) is 23.6. The molecule has 1 atom stereocenters. The Labute approximate surface area is 128 Å². The third-order valence-electron chi connectivity index (χ3n) is 2.65. The molecule has 4 nitrogen and oxygen atoms in total. The van der Waals surface area contributed by atoms with Crippen LogP contribution in [0.3, 0.4) is 0 Å². The molecule has 0 N–H and O–H groups in total. The summed E-state index contributed by atoms with van der Waals surface area (Å²) >= 11 is 5.90. The van der Waals surface area contributed by atoms with Crippen LogP contribution in [0.1, 0.15) is 39.2 Å². The Balaban J connectivity index is 3.30. The summed E-state index contributed by atoms with van der Waals surface area (Å²) in [6.45, 7) is 6.49. The first-order valence-corrected chi connectivity index (χ1v) is 6.98. The average molecular weight is 317 g/mol. The quantitative estimate of drug-likeness (QED) is 0.595. The smallest absolute Gasteiger partial charge is 0.321 e. The van der Waals surface area contributed by atoms with Crippen LogP contribution in [0.5, 0.6) is 5.75 Å². The van der Waals surface area contributed by atoms with Crippen molar-refractivity contribution in [1.82, 2.24) is 0 Å². The van der Waals surface area contributed by atoms with Gasteiger partial charge in [0, 0.05) is 5.56 Å². The molecule has 0 saturated carbocycles. The summed E-state index contributed by atoms with van der Waals surface area (Å²) in [5.74, 6) is -3.15. The normalized spacial score (nSPS) is 12.1. The van der Waals surface area contributed by atoms with Crippen molar-refractivity contribution in [3.8, 4) is 5.75 Å². The zero-order chi connectivity index (χ0) is 16.2. The Bertz CT molecular complexity index is 543. The zero-order valence-electron chi connectivity index (χ0n) is 12.4. The van der Waals surface area contributed by atoms with Gasteiger partial charge < -0.3 is 9.47 Å². The number of esters is 1. The van der Waals surface area contributed by atoms with Gasteiger partial charge in [-0.1, -0.05) is 11.6 Å². The lowest BCUT2D eigenvalue weighted by Crippen LogP contribution is -2.23. The van der Waals surface area contributed by atoms with Crippen LogP contribution in [-0.4, -0.2) is 24.5 Å². The van der Waals surface area contributed by atoms with Crippen LogP contribution in [-0.2, 0) is 14.3 Å². The first-order chi connectivity index (χ1) is 9.77. The first kappa shape index (κ1) is 17.4. The van der Waals surface area contributed by atoms with E-state index >= 15 is 0 Å². The number of ketones is 1. The van der Waals surface area contributed by atoms with E-state index in [1.807, 2.05) is 0 Å². The van der Waals surface area contributed by atoms with Crippen LogP contribution in [0.15, 0.2) is 12.1 Å². The van der Waals surface area contributed by atoms with Crippen molar-refractivity contribution in [2.45, 2.75) is 39.7 Å². The van der Waals surface area contributed by atoms with E-state index < -0.39 is 23.5 Å². The van der Waals surface area contributed by atoms with E-state index in [0.717, 1.165) is 6.07 Å². The Hall–Kier alpha value is -1.62. The SMILES string of the molecule is CCOC(=O)C(C(C)=O)c1cc(OC(C)C)c(Cl)cc1F. The Morgan fingerprint density at radius 1 is 1.33 bits per heavy atom. The topological polar surface area (TPSA) is 52.6 Å². The Kier molecular flexibility index (Phi) is 6.15. The van der Waals surface area contributed by atoms with Gasteiger partial charge in [0.1, 0.15) is 23.3 Å². The summed E-state index contributed by atoms with van der Waals surface area (Å²) < 4.78 is 24.4. The molecule has 0 heterocycles. The molecule has 1 aromatic rings. The second-order valence-electron chi connectivity index (χ2n) is 4.77. The number of Topliss-reactive ketones (excluding diaryl/α,β-unsaturated/α-hetero) is 1. The predicted octanol–water partition coefficient (Wildman–Crippen LogP) is 3.50. The van der Waals surface area contributed by atoms with Crippen molar-refractivity contribution >= 4 is 23.4 Å². The van der Waals surface area contributed by atoms with Crippen LogP contribution in [0.25, 0.3) is 0 Å². The van der Waals surface area contributed by atoms with E-state index in [2.05, 4.69) is 0 Å². The molecule has 1 aromatic carbocycles. The second kappa shape index (κ2) is 7.41. The van der Waals surface area contributed by atoms with Gasteiger partial charge in [0.15, 0.2) is 0 Å². The van der Waals surface area contributed by atoms with Gasteiger partial charge >= 0.3 is 5.97 Å². The summed E-state index contributed by atoms with van der Waals surface area (Å²) in [7, 11) is 0. The predicted molar refractivity (Wildman–Crippen MR) is 77.2 cm³/mol. The van der Waals surface area contributed by atoms with E-state index in [9.17, 15) is 14.0 Å². The highest BCUT2D eigenvalue weighted by atomic mass is 35.5. The van der Waals surface area contributed by atoms with Gasteiger partial charge in [-0.05, 0) is 39.8 Å². The standard InChI is InChI=1S/C15H18ClFO4/c1-5-20-15(19)14(9(4)18)10-6-13(21-8(2)3)11(16)7-12(10)17/h6-8,14H,5H2,1-4H3. The van der Waals surface area contributed by atoms with E-state index in [1.54, 1.807) is 20.8 Å². The lowest BCUT2D eigenvalue weighted by molar-refractivity contribution is -0.147. The van der Waals surface area contributed by atoms with E-state index in [0.29, 0.717) is 0 Å². The lowest BCUT2D eigenvalue weighted by atomic mass is 9.94. The molecular weight excluding hydrogens is 299 g/mol. The van der Waals surface area contributed by atoms with Gasteiger partial charge in [-0.3, -0.25) is 9.59 Å². The number of ether oxygens (including phenoxy) is 2. The van der Waals surface area contributed by atoms with Crippen molar-refractivity contribution in [3.63, 3.8) is 0 Å². The van der Waals surface area contributed by atoms with E-state index in [4.69, 9.17) is 21.1 Å². The number of carbonyl (C=O) groups is 2. The maximum absolute atomic E-state index is 14.1. The average Bonchev–Trinajstić information content (AvgIpc) is 2.34. The summed E-state index contributed by atoms with van der Waals surface area (Å²) in [6.07, 6.45) is -0.181. The number of hydrogen-bond acceptors (Lipinski definition) is 4. The van der Waals surface area contributed by atoms with Crippen molar-refractivity contribution in [3.05, 3.63) is 28.5 Å². The van der Waals surface area contributed by atoms with Crippen LogP contribution in [0.2, 0.25) is 5.02 Å². The minimum absolute atomic E-state index is 0.0797. The number of halogens is 2. The van der Waals surface area contributed by atoms with Crippen LogP contribution < -0.4 is 4.74 Å². The largest absolute Gasteiger partial charge is 0.489 e. The third kappa shape index (κ3) is 4.43. The van der Waals surface area contributed by atoms with Gasteiger partial charge in [0.2, 0.25) is 0 Å². The summed E-state index contributed by atoms with van der Waals surface area (Å²) in [5.41, 5.74) is -0.0963. The van der Waals surface area contributed by atoms with Crippen molar-refractivity contribution in [1.29, 1.82) is 0 Å². The molecule has 21 heavy (non-hydrogen) atoms. The molecule has 0 aliphatic carbocycles. The molecule has 0 aromatic heterocycles. The molecule has 0 amide bonds. The minimum Gasteiger partial charge on any atom is -0.489 e. The molecule has 0 aliphatic heterocycles. The minimum atomic E-state index is -1.32. The Morgan fingerprint density at radius 3 is 2.43 bits per heavy atom. The summed E-state index contributed by atoms with van der Waals surface area (Å²) in [6, 6.07) is 2.31. The highest BCUT2D eigenvalue weighted by molar-refractivity contribution is 6.32. The fourth-order valence-electron chi connectivity index (χ4n) is 1.85. The van der Waals surface area contributed by atoms with E-state index in [-0.39, 0.29) is 29.0 Å². The molecule has 0 aliphatic rings. The molecule has 116 valence electrons. The van der Waals surface area contributed by atoms with Gasteiger partial charge in [0.25, 0.3) is 0 Å². The van der Waals surface area contributed by atoms with Gasteiger partial charge in [-0.25, -0.2) is 4.39 Å². The monoisotopic (exact) mass is 316 g/mol. The third-order valence-corrected chi connectivity index (χ3v) is 2.95. The van der Waals surface area contributed by atoms with Crippen LogP contribution in [0.4, 0.5) is 4.39 Å². The lowest BCUT2D eigenvalue weighted by Gasteiger charge is -2.17. The van der Waals surface area contributed by atoms with Gasteiger partial charge in [-0.15, -0.1) is 0 Å². The maximum atomic E-state index is 14.1. The number of benzene rings is 1. The van der Waals surface area contributed by atoms with Gasteiger partial charge in [-0.2, -0.15) is 0 Å². The molecule has 0 bridgehead atoms. The molecular formula is C15H18ClFO4. The fourth-order valence-corrected chi connectivity index (χ4v) is 2.04. The van der Waals surface area contributed by atoms with Crippen molar-refractivity contribution in [2.24, 2.45) is 0 Å². The van der Waals surface area contributed by atoms with Crippen molar-refractivity contribution < 1.29 is 23.5 Å². The zero-order valence-corrected chi connectivity index (χ0v) is 13.2. The maximum Gasteiger partial charge on any atom is 0.321 e. The molecule has 0 radical (unpaired) electrons. The van der Waals surface area contributed by atoms with Crippen LogP contribution in [0, 0.1) is 5.82 Å².